The van der Waals surface area contributed by atoms with E-state index in [9.17, 15) is 0 Å². The van der Waals surface area contributed by atoms with Crippen molar-refractivity contribution in [3.8, 4) is 0 Å². The average molecular weight is 213 g/mol. The lowest BCUT2D eigenvalue weighted by Crippen LogP contribution is -2.22. The number of aromatic nitrogens is 2. The van der Waals surface area contributed by atoms with E-state index >= 15 is 0 Å². The topological polar surface area (TPSA) is 74.2 Å². The van der Waals surface area contributed by atoms with Crippen LogP contribution in [-0.2, 0) is 10.3 Å². The molecule has 86 valence electrons. The molecule has 0 aliphatic carbocycles. The van der Waals surface area contributed by atoms with E-state index in [-0.39, 0.29) is 12.0 Å². The minimum absolute atomic E-state index is 0.223. The van der Waals surface area contributed by atoms with Crippen molar-refractivity contribution in [2.75, 3.05) is 7.11 Å². The first-order valence-corrected chi connectivity index (χ1v) is 5.03. The summed E-state index contributed by atoms with van der Waals surface area (Å²) in [5, 5.41) is 3.87. The molecule has 1 aromatic rings. The van der Waals surface area contributed by atoms with Crippen LogP contribution in [0, 0.1) is 5.92 Å². The first-order valence-electron chi connectivity index (χ1n) is 5.03. The van der Waals surface area contributed by atoms with Crippen LogP contribution in [0.3, 0.4) is 0 Å². The standard InChI is InChI=1S/C10H19N3O2/c1-6(2)7(11)8-12-9(13-15-8)10(3,4)14-5/h6-7H,11H2,1-5H3. The van der Waals surface area contributed by atoms with Gasteiger partial charge in [0.2, 0.25) is 11.7 Å². The monoisotopic (exact) mass is 213 g/mol. The van der Waals surface area contributed by atoms with Crippen LogP contribution in [0.5, 0.6) is 0 Å². The van der Waals surface area contributed by atoms with E-state index in [1.54, 1.807) is 7.11 Å². The summed E-state index contributed by atoms with van der Waals surface area (Å²) in [4.78, 5) is 4.25. The molecule has 0 bridgehead atoms. The number of nitrogens with two attached hydrogens (primary N) is 1. The summed E-state index contributed by atoms with van der Waals surface area (Å²) < 4.78 is 10.4. The van der Waals surface area contributed by atoms with Gasteiger partial charge in [-0.3, -0.25) is 0 Å². The number of rotatable bonds is 4. The fourth-order valence-electron chi connectivity index (χ4n) is 0.992. The lowest BCUT2D eigenvalue weighted by Gasteiger charge is -2.17. The summed E-state index contributed by atoms with van der Waals surface area (Å²) in [6, 6.07) is -0.223. The predicted octanol–water partition coefficient (Wildman–Crippen LogP) is 1.61. The summed E-state index contributed by atoms with van der Waals surface area (Å²) >= 11 is 0. The van der Waals surface area contributed by atoms with E-state index in [1.807, 2.05) is 27.7 Å². The second kappa shape index (κ2) is 4.28. The fraction of sp³-hybridized carbons (Fsp3) is 0.800. The summed E-state index contributed by atoms with van der Waals surface area (Å²) in [6.07, 6.45) is 0. The molecule has 1 aromatic heterocycles. The molecule has 1 rings (SSSR count). The molecule has 0 amide bonds. The Morgan fingerprint density at radius 3 is 2.47 bits per heavy atom. The zero-order valence-corrected chi connectivity index (χ0v) is 9.94. The summed E-state index contributed by atoms with van der Waals surface area (Å²) in [5.41, 5.74) is 5.36. The zero-order chi connectivity index (χ0) is 11.6. The van der Waals surface area contributed by atoms with Crippen LogP contribution in [0.2, 0.25) is 0 Å². The number of ether oxygens (including phenoxy) is 1. The highest BCUT2D eigenvalue weighted by Gasteiger charge is 2.28. The van der Waals surface area contributed by atoms with E-state index in [0.29, 0.717) is 11.7 Å². The van der Waals surface area contributed by atoms with Crippen molar-refractivity contribution >= 4 is 0 Å². The van der Waals surface area contributed by atoms with Crippen LogP contribution in [0.1, 0.15) is 45.5 Å². The second-order valence-corrected chi connectivity index (χ2v) is 4.44. The lowest BCUT2D eigenvalue weighted by molar-refractivity contribution is 0.00973. The van der Waals surface area contributed by atoms with Gasteiger partial charge >= 0.3 is 0 Å². The smallest absolute Gasteiger partial charge is 0.243 e. The molecular formula is C10H19N3O2. The van der Waals surface area contributed by atoms with E-state index < -0.39 is 5.60 Å². The van der Waals surface area contributed by atoms with Gasteiger partial charge in [-0.1, -0.05) is 19.0 Å². The van der Waals surface area contributed by atoms with Crippen molar-refractivity contribution in [2.45, 2.75) is 39.3 Å². The van der Waals surface area contributed by atoms with E-state index in [1.165, 1.54) is 0 Å². The summed E-state index contributed by atoms with van der Waals surface area (Å²) in [6.45, 7) is 7.77. The molecule has 0 spiro atoms. The molecule has 1 atom stereocenters. The van der Waals surface area contributed by atoms with Crippen LogP contribution < -0.4 is 5.73 Å². The third-order valence-electron chi connectivity index (χ3n) is 2.49. The Hall–Kier alpha value is -0.940. The fourth-order valence-corrected chi connectivity index (χ4v) is 0.992. The molecule has 0 saturated carbocycles. The molecule has 2 N–H and O–H groups in total. The maximum atomic E-state index is 5.90. The Bertz CT molecular complexity index is 320. The van der Waals surface area contributed by atoms with E-state index in [0.717, 1.165) is 0 Å². The van der Waals surface area contributed by atoms with Crippen LogP contribution >= 0.6 is 0 Å². The van der Waals surface area contributed by atoms with Gasteiger partial charge in [0.05, 0.1) is 6.04 Å². The molecular weight excluding hydrogens is 194 g/mol. The normalized spacial score (nSPS) is 14.6. The number of hydrogen-bond donors (Lipinski definition) is 1. The van der Waals surface area contributed by atoms with Gasteiger partial charge < -0.3 is 15.0 Å². The molecule has 15 heavy (non-hydrogen) atoms. The van der Waals surface area contributed by atoms with Crippen molar-refractivity contribution in [2.24, 2.45) is 11.7 Å². The van der Waals surface area contributed by atoms with Gasteiger partial charge in [0, 0.05) is 7.11 Å². The molecule has 1 unspecified atom stereocenters. The Balaban J connectivity index is 2.90. The van der Waals surface area contributed by atoms with Crippen molar-refractivity contribution in [3.05, 3.63) is 11.7 Å². The van der Waals surface area contributed by atoms with E-state index in [2.05, 4.69) is 10.1 Å². The number of nitrogens with zero attached hydrogens (tertiary/aromatic N) is 2. The quantitative estimate of drug-likeness (QED) is 0.822. The largest absolute Gasteiger partial charge is 0.371 e. The molecule has 0 radical (unpaired) electrons. The Labute approximate surface area is 90.0 Å². The van der Waals surface area contributed by atoms with E-state index in [4.69, 9.17) is 15.0 Å². The highest BCUT2D eigenvalue weighted by atomic mass is 16.5. The molecule has 0 fully saturated rings. The van der Waals surface area contributed by atoms with Gasteiger partial charge in [-0.2, -0.15) is 4.98 Å². The third kappa shape index (κ3) is 2.54. The maximum Gasteiger partial charge on any atom is 0.243 e. The van der Waals surface area contributed by atoms with Crippen molar-refractivity contribution < 1.29 is 9.26 Å². The molecule has 1 heterocycles. The highest BCUT2D eigenvalue weighted by Crippen LogP contribution is 2.23. The van der Waals surface area contributed by atoms with Gasteiger partial charge in [0.1, 0.15) is 5.60 Å². The zero-order valence-electron chi connectivity index (χ0n) is 9.94. The Morgan fingerprint density at radius 2 is 2.00 bits per heavy atom. The van der Waals surface area contributed by atoms with Gasteiger partial charge in [-0.15, -0.1) is 0 Å². The van der Waals surface area contributed by atoms with Gasteiger partial charge in [0.25, 0.3) is 0 Å². The summed E-state index contributed by atoms with van der Waals surface area (Å²) in [7, 11) is 1.61. The van der Waals surface area contributed by atoms with Gasteiger partial charge in [-0.05, 0) is 19.8 Å². The molecule has 5 heteroatoms. The Kier molecular flexibility index (Phi) is 3.46. The van der Waals surface area contributed by atoms with Gasteiger partial charge in [0.15, 0.2) is 0 Å². The van der Waals surface area contributed by atoms with Crippen LogP contribution in [0.15, 0.2) is 4.52 Å². The van der Waals surface area contributed by atoms with Crippen LogP contribution in [-0.4, -0.2) is 17.3 Å². The van der Waals surface area contributed by atoms with Crippen molar-refractivity contribution in [1.29, 1.82) is 0 Å². The minimum Gasteiger partial charge on any atom is -0.371 e. The third-order valence-corrected chi connectivity index (χ3v) is 2.49. The molecule has 5 nitrogen and oxygen atoms in total. The minimum atomic E-state index is -0.543. The van der Waals surface area contributed by atoms with Crippen molar-refractivity contribution in [1.82, 2.24) is 10.1 Å². The Morgan fingerprint density at radius 1 is 1.40 bits per heavy atom. The van der Waals surface area contributed by atoms with Crippen molar-refractivity contribution in [3.63, 3.8) is 0 Å². The molecule has 0 aliphatic rings. The lowest BCUT2D eigenvalue weighted by atomic mass is 10.1. The predicted molar refractivity (Wildman–Crippen MR) is 56.1 cm³/mol. The SMILES string of the molecule is COC(C)(C)c1noc(C(N)C(C)C)n1. The van der Waals surface area contributed by atoms with Crippen LogP contribution in [0.4, 0.5) is 0 Å². The number of hydrogen-bond acceptors (Lipinski definition) is 5. The molecule has 0 saturated heterocycles. The second-order valence-electron chi connectivity index (χ2n) is 4.44. The maximum absolute atomic E-state index is 5.90. The first-order chi connectivity index (χ1) is 6.88. The number of methoxy groups -OCH3 is 1. The average Bonchev–Trinajstić information content (AvgIpc) is 2.65. The van der Waals surface area contributed by atoms with Crippen LogP contribution in [0.25, 0.3) is 0 Å². The molecule has 0 aromatic carbocycles. The van der Waals surface area contributed by atoms with Gasteiger partial charge in [-0.25, -0.2) is 0 Å². The first kappa shape index (κ1) is 12.1. The molecule has 0 aliphatic heterocycles. The summed E-state index contributed by atoms with van der Waals surface area (Å²) in [5.74, 6) is 1.25. The highest BCUT2D eigenvalue weighted by molar-refractivity contribution is 5.00.